The summed E-state index contributed by atoms with van der Waals surface area (Å²) in [6.45, 7) is 0. The Morgan fingerprint density at radius 2 is 1.59 bits per heavy atom. The van der Waals surface area contributed by atoms with Gasteiger partial charge in [0.15, 0.2) is 0 Å². The maximum atomic E-state index is 13.9. The van der Waals surface area contributed by atoms with Gasteiger partial charge in [-0.2, -0.15) is 0 Å². The van der Waals surface area contributed by atoms with Gasteiger partial charge in [-0.25, -0.2) is 9.36 Å². The minimum absolute atomic E-state index is 0.172. The van der Waals surface area contributed by atoms with Gasteiger partial charge in [0.1, 0.15) is 11.0 Å². The molecule has 0 saturated heterocycles. The van der Waals surface area contributed by atoms with Crippen molar-refractivity contribution in [1.29, 1.82) is 0 Å². The van der Waals surface area contributed by atoms with Crippen LogP contribution in [0.5, 0.6) is 0 Å². The summed E-state index contributed by atoms with van der Waals surface area (Å²) in [6.07, 6.45) is 4.61. The number of benzene rings is 2. The van der Waals surface area contributed by atoms with Crippen LogP contribution >= 0.6 is 11.6 Å². The Morgan fingerprint density at radius 3 is 2.26 bits per heavy atom. The van der Waals surface area contributed by atoms with Crippen molar-refractivity contribution in [3.05, 3.63) is 96.9 Å². The zero-order valence-electron chi connectivity index (χ0n) is 18.8. The summed E-state index contributed by atoms with van der Waals surface area (Å²) in [6, 6.07) is 17.4. The number of aromatic nitrogens is 3. The lowest BCUT2D eigenvalue weighted by atomic mass is 9.95. The van der Waals surface area contributed by atoms with E-state index in [0.29, 0.717) is 27.5 Å². The maximum absolute atomic E-state index is 13.9. The van der Waals surface area contributed by atoms with Crippen molar-refractivity contribution < 1.29 is 0 Å². The third-order valence-corrected chi connectivity index (χ3v) is 6.78. The maximum Gasteiger partial charge on any atom is 0.337 e. The molecule has 0 aliphatic heterocycles. The molecule has 8 heteroatoms. The Morgan fingerprint density at radius 1 is 0.912 bits per heavy atom. The van der Waals surface area contributed by atoms with Crippen LogP contribution in [0.15, 0.2) is 75.0 Å². The second-order valence-corrected chi connectivity index (χ2v) is 9.14. The Kier molecular flexibility index (Phi) is 5.87. The summed E-state index contributed by atoms with van der Waals surface area (Å²) in [5, 5.41) is 4.09. The largest absolute Gasteiger partial charge is 0.355 e. The first kappa shape index (κ1) is 22.2. The highest BCUT2D eigenvalue weighted by atomic mass is 35.5. The van der Waals surface area contributed by atoms with Crippen LogP contribution in [-0.4, -0.2) is 13.7 Å². The van der Waals surface area contributed by atoms with Crippen molar-refractivity contribution in [2.24, 2.45) is 7.05 Å². The Balaban J connectivity index is 1.88. The molecule has 2 aromatic heterocycles. The van der Waals surface area contributed by atoms with E-state index in [1.807, 2.05) is 18.2 Å². The zero-order valence-corrected chi connectivity index (χ0v) is 19.6. The molecule has 0 atom stereocenters. The summed E-state index contributed by atoms with van der Waals surface area (Å²) < 4.78 is 4.25. The quantitative estimate of drug-likeness (QED) is 0.461. The van der Waals surface area contributed by atoms with E-state index in [-0.39, 0.29) is 22.8 Å². The summed E-state index contributed by atoms with van der Waals surface area (Å²) in [5.74, 6) is 0. The van der Waals surface area contributed by atoms with Gasteiger partial charge in [0.25, 0.3) is 11.1 Å². The van der Waals surface area contributed by atoms with E-state index in [2.05, 4.69) is 5.32 Å². The third kappa shape index (κ3) is 3.86. The van der Waals surface area contributed by atoms with Crippen LogP contribution in [0.4, 0.5) is 11.4 Å². The molecule has 4 aromatic rings. The standard InChI is InChI=1S/C26H25ClN4O3/c1-29-22(32)16-21(28-18-14-12-17(27)13-15-18)23-24(29)30(19-8-4-2-5-9-19)26(34)31(25(23)33)20-10-6-3-7-11-20/h2,4-5,8-9,12-16,20,28H,3,6-7,10-11H2,1H3. The van der Waals surface area contributed by atoms with Crippen LogP contribution in [0.1, 0.15) is 38.1 Å². The molecule has 5 rings (SSSR count). The first-order valence-corrected chi connectivity index (χ1v) is 11.8. The number of para-hydroxylation sites is 1. The summed E-state index contributed by atoms with van der Waals surface area (Å²) in [7, 11) is 1.58. The fourth-order valence-corrected chi connectivity index (χ4v) is 4.95. The third-order valence-electron chi connectivity index (χ3n) is 6.53. The average Bonchev–Trinajstić information content (AvgIpc) is 2.85. The normalized spacial score (nSPS) is 14.4. The Labute approximate surface area is 200 Å². The number of hydrogen-bond acceptors (Lipinski definition) is 4. The van der Waals surface area contributed by atoms with Crippen LogP contribution in [0.25, 0.3) is 16.7 Å². The summed E-state index contributed by atoms with van der Waals surface area (Å²) >= 11 is 6.02. The lowest BCUT2D eigenvalue weighted by Crippen LogP contribution is -2.44. The number of rotatable bonds is 4. The minimum Gasteiger partial charge on any atom is -0.355 e. The fourth-order valence-electron chi connectivity index (χ4n) is 4.82. The van der Waals surface area contributed by atoms with Crippen molar-refractivity contribution in [1.82, 2.24) is 13.7 Å². The number of anilines is 2. The van der Waals surface area contributed by atoms with E-state index in [9.17, 15) is 14.4 Å². The minimum atomic E-state index is -0.422. The molecule has 0 unspecified atom stereocenters. The Bertz CT molecular complexity index is 1530. The Hall–Kier alpha value is -3.58. The van der Waals surface area contributed by atoms with Gasteiger partial charge in [-0.1, -0.05) is 49.1 Å². The molecule has 34 heavy (non-hydrogen) atoms. The van der Waals surface area contributed by atoms with E-state index < -0.39 is 5.69 Å². The molecule has 1 aliphatic carbocycles. The fraction of sp³-hybridized carbons (Fsp3) is 0.269. The molecule has 1 saturated carbocycles. The van der Waals surface area contributed by atoms with Gasteiger partial charge in [0.05, 0.1) is 11.4 Å². The van der Waals surface area contributed by atoms with Crippen molar-refractivity contribution in [2.75, 3.05) is 5.32 Å². The predicted octanol–water partition coefficient (Wildman–Crippen LogP) is 4.75. The molecule has 7 nitrogen and oxygen atoms in total. The van der Waals surface area contributed by atoms with Gasteiger partial charge >= 0.3 is 5.69 Å². The van der Waals surface area contributed by atoms with E-state index in [0.717, 1.165) is 32.1 Å². The molecule has 1 fully saturated rings. The van der Waals surface area contributed by atoms with E-state index in [1.165, 1.54) is 19.8 Å². The molecule has 0 radical (unpaired) electrons. The number of pyridine rings is 1. The number of nitrogens with zero attached hydrogens (tertiary/aromatic N) is 3. The van der Waals surface area contributed by atoms with Gasteiger partial charge in [-0.3, -0.25) is 18.7 Å². The summed E-state index contributed by atoms with van der Waals surface area (Å²) in [4.78, 5) is 40.8. The number of halogens is 1. The molecule has 0 spiro atoms. The molecular weight excluding hydrogens is 452 g/mol. The molecular formula is C26H25ClN4O3. The molecule has 0 bridgehead atoms. The van der Waals surface area contributed by atoms with Crippen molar-refractivity contribution in [2.45, 2.75) is 38.1 Å². The van der Waals surface area contributed by atoms with Gasteiger partial charge in [0, 0.05) is 29.9 Å². The highest BCUT2D eigenvalue weighted by Crippen LogP contribution is 2.28. The molecule has 1 N–H and O–H groups in total. The van der Waals surface area contributed by atoms with E-state index >= 15 is 0 Å². The highest BCUT2D eigenvalue weighted by molar-refractivity contribution is 6.30. The van der Waals surface area contributed by atoms with Crippen molar-refractivity contribution in [3.63, 3.8) is 0 Å². The molecule has 174 valence electrons. The van der Waals surface area contributed by atoms with Gasteiger partial charge in [-0.15, -0.1) is 0 Å². The zero-order chi connectivity index (χ0) is 23.8. The highest BCUT2D eigenvalue weighted by Gasteiger charge is 2.26. The average molecular weight is 477 g/mol. The second kappa shape index (κ2) is 8.99. The van der Waals surface area contributed by atoms with Crippen LogP contribution in [0, 0.1) is 0 Å². The van der Waals surface area contributed by atoms with Crippen molar-refractivity contribution in [3.8, 4) is 5.69 Å². The van der Waals surface area contributed by atoms with E-state index in [4.69, 9.17) is 11.6 Å². The van der Waals surface area contributed by atoms with Gasteiger partial charge < -0.3 is 5.32 Å². The van der Waals surface area contributed by atoms with E-state index in [1.54, 1.807) is 43.4 Å². The van der Waals surface area contributed by atoms with Crippen LogP contribution in [-0.2, 0) is 7.05 Å². The predicted molar refractivity (Wildman–Crippen MR) is 136 cm³/mol. The summed E-state index contributed by atoms with van der Waals surface area (Å²) in [5.41, 5.74) is 0.765. The first-order valence-electron chi connectivity index (χ1n) is 11.4. The monoisotopic (exact) mass is 476 g/mol. The molecule has 0 amide bonds. The molecule has 1 aliphatic rings. The number of fused-ring (bicyclic) bond motifs is 1. The van der Waals surface area contributed by atoms with Crippen LogP contribution < -0.4 is 22.1 Å². The lowest BCUT2D eigenvalue weighted by Gasteiger charge is -2.26. The number of aryl methyl sites for hydroxylation is 1. The van der Waals surface area contributed by atoms with Gasteiger partial charge in [0.2, 0.25) is 0 Å². The molecule has 2 aromatic carbocycles. The van der Waals surface area contributed by atoms with Crippen LogP contribution in [0.3, 0.4) is 0 Å². The SMILES string of the molecule is Cn1c(=O)cc(Nc2ccc(Cl)cc2)c2c(=O)n(C3CCCCC3)c(=O)n(-c3ccccc3)c21. The van der Waals surface area contributed by atoms with Gasteiger partial charge in [-0.05, 0) is 49.2 Å². The van der Waals surface area contributed by atoms with Crippen molar-refractivity contribution >= 4 is 34.0 Å². The lowest BCUT2D eigenvalue weighted by molar-refractivity contribution is 0.335. The number of nitrogens with one attached hydrogen (secondary N) is 1. The first-order chi connectivity index (χ1) is 16.5. The topological polar surface area (TPSA) is 78.0 Å². The number of hydrogen-bond donors (Lipinski definition) is 1. The van der Waals surface area contributed by atoms with Crippen LogP contribution in [0.2, 0.25) is 5.02 Å². The smallest absolute Gasteiger partial charge is 0.337 e. The molecule has 2 heterocycles. The second-order valence-electron chi connectivity index (χ2n) is 8.71.